The molecule has 1 atom stereocenters. The zero-order chi connectivity index (χ0) is 22.9. The van der Waals surface area contributed by atoms with E-state index in [-0.39, 0.29) is 12.5 Å². The molecule has 0 aromatic heterocycles. The van der Waals surface area contributed by atoms with Gasteiger partial charge in [-0.15, -0.1) is 0 Å². The highest BCUT2D eigenvalue weighted by Gasteiger charge is 2.36. The first-order valence-electron chi connectivity index (χ1n) is 10.9. The quantitative estimate of drug-likeness (QED) is 0.552. The van der Waals surface area contributed by atoms with Gasteiger partial charge in [0.05, 0.1) is 21.1 Å². The maximum absolute atomic E-state index is 13.0. The van der Waals surface area contributed by atoms with E-state index < -0.39 is 20.1 Å². The number of nitrogens with zero attached hydrogens (tertiary/aromatic N) is 1. The smallest absolute Gasteiger partial charge is 0.339 e. The number of rotatable bonds is 6. The Kier molecular flexibility index (Phi) is 6.72. The average Bonchev–Trinajstić information content (AvgIpc) is 2.71. The molecule has 0 spiro atoms. The highest BCUT2D eigenvalue weighted by atomic mass is 28.3. The van der Waals surface area contributed by atoms with Crippen molar-refractivity contribution in [3.8, 4) is 0 Å². The van der Waals surface area contributed by atoms with Crippen molar-refractivity contribution in [1.82, 2.24) is 4.90 Å². The lowest BCUT2D eigenvalue weighted by atomic mass is 9.86. The lowest BCUT2D eigenvalue weighted by molar-refractivity contribution is -0.153. The number of esters is 1. The van der Waals surface area contributed by atoms with Crippen molar-refractivity contribution in [2.45, 2.75) is 66.0 Å². The molecule has 1 aliphatic rings. The molecular formula is C25H33NO4Si. The van der Waals surface area contributed by atoms with Crippen molar-refractivity contribution in [1.29, 1.82) is 0 Å². The van der Waals surface area contributed by atoms with Gasteiger partial charge in [0.25, 0.3) is 0 Å². The average molecular weight is 440 g/mol. The molecular weight excluding hydrogens is 406 g/mol. The summed E-state index contributed by atoms with van der Waals surface area (Å²) < 4.78 is 5.14. The summed E-state index contributed by atoms with van der Waals surface area (Å²) in [6.07, 6.45) is -0.965. The Bertz CT molecular complexity index is 995. The number of fused-ring (bicyclic) bond motifs is 1. The number of aliphatic hydroxyl groups is 1. The molecule has 0 unspecified atom stereocenters. The standard InChI is InChI=1S/C25H33NO4Si/c1-7-30-25(29)23(28)22-16(2)20-15-26(14-18-11-9-8-10-12-18)21(27)13-19(20)17(3)24(22)31(4,5)6/h8-12,23,28H,7,13-15H2,1-6H3/t23-/m0/s1. The van der Waals surface area contributed by atoms with Crippen molar-refractivity contribution in [2.24, 2.45) is 0 Å². The van der Waals surface area contributed by atoms with Crippen LogP contribution in [0, 0.1) is 13.8 Å². The Balaban J connectivity index is 2.12. The van der Waals surface area contributed by atoms with E-state index in [0.717, 1.165) is 33.0 Å². The fourth-order valence-corrected chi connectivity index (χ4v) is 7.15. The number of hydrogen-bond donors (Lipinski definition) is 1. The lowest BCUT2D eigenvalue weighted by Crippen LogP contribution is -2.47. The van der Waals surface area contributed by atoms with Crippen LogP contribution in [0.3, 0.4) is 0 Å². The highest BCUT2D eigenvalue weighted by Crippen LogP contribution is 2.33. The molecule has 5 nitrogen and oxygen atoms in total. The number of amides is 1. The van der Waals surface area contributed by atoms with Crippen LogP contribution >= 0.6 is 0 Å². The van der Waals surface area contributed by atoms with E-state index in [9.17, 15) is 14.7 Å². The molecule has 1 heterocycles. The van der Waals surface area contributed by atoms with Crippen molar-refractivity contribution < 1.29 is 19.4 Å². The van der Waals surface area contributed by atoms with E-state index in [1.165, 1.54) is 0 Å². The van der Waals surface area contributed by atoms with Crippen LogP contribution in [0.25, 0.3) is 0 Å². The summed E-state index contributed by atoms with van der Waals surface area (Å²) in [6.45, 7) is 13.6. The summed E-state index contributed by atoms with van der Waals surface area (Å²) in [5.74, 6) is -0.503. The summed E-state index contributed by atoms with van der Waals surface area (Å²) in [4.78, 5) is 27.4. The second-order valence-corrected chi connectivity index (χ2v) is 14.3. The van der Waals surface area contributed by atoms with Gasteiger partial charge in [-0.1, -0.05) is 55.2 Å². The molecule has 1 aliphatic heterocycles. The van der Waals surface area contributed by atoms with Crippen LogP contribution in [0.15, 0.2) is 30.3 Å². The maximum atomic E-state index is 13.0. The van der Waals surface area contributed by atoms with Crippen LogP contribution in [-0.4, -0.2) is 36.6 Å². The predicted molar refractivity (Wildman–Crippen MR) is 125 cm³/mol. The van der Waals surface area contributed by atoms with Gasteiger partial charge >= 0.3 is 5.97 Å². The van der Waals surface area contributed by atoms with Gasteiger partial charge in [-0.25, -0.2) is 4.79 Å². The van der Waals surface area contributed by atoms with Crippen LogP contribution in [0.1, 0.15) is 46.4 Å². The van der Waals surface area contributed by atoms with Gasteiger partial charge in [-0.05, 0) is 54.2 Å². The number of carbonyl (C=O) groups excluding carboxylic acids is 2. The van der Waals surface area contributed by atoms with Crippen molar-refractivity contribution in [3.05, 3.63) is 63.7 Å². The summed E-state index contributed by atoms with van der Waals surface area (Å²) in [6, 6.07) is 9.95. The molecule has 166 valence electrons. The van der Waals surface area contributed by atoms with Crippen LogP contribution in [-0.2, 0) is 33.8 Å². The Hall–Kier alpha value is -2.44. The summed E-state index contributed by atoms with van der Waals surface area (Å²) >= 11 is 0. The molecule has 2 aromatic carbocycles. The monoisotopic (exact) mass is 439 g/mol. The highest BCUT2D eigenvalue weighted by molar-refractivity contribution is 6.89. The third-order valence-electron chi connectivity index (χ3n) is 6.10. The van der Waals surface area contributed by atoms with Crippen LogP contribution in [0.5, 0.6) is 0 Å². The van der Waals surface area contributed by atoms with Crippen LogP contribution in [0.4, 0.5) is 0 Å². The lowest BCUT2D eigenvalue weighted by Gasteiger charge is -2.36. The molecule has 31 heavy (non-hydrogen) atoms. The minimum Gasteiger partial charge on any atom is -0.464 e. The van der Waals surface area contributed by atoms with E-state index >= 15 is 0 Å². The summed E-state index contributed by atoms with van der Waals surface area (Å²) in [7, 11) is -1.94. The number of benzene rings is 2. The fraction of sp³-hybridized carbons (Fsp3) is 0.440. The van der Waals surface area contributed by atoms with E-state index in [0.29, 0.717) is 25.1 Å². The molecule has 1 amide bonds. The minimum atomic E-state index is -1.94. The Morgan fingerprint density at radius 2 is 1.77 bits per heavy atom. The third-order valence-corrected chi connectivity index (χ3v) is 8.24. The molecule has 1 N–H and O–H groups in total. The van der Waals surface area contributed by atoms with E-state index in [2.05, 4.69) is 19.6 Å². The van der Waals surface area contributed by atoms with Gasteiger partial charge in [0.1, 0.15) is 0 Å². The first-order valence-corrected chi connectivity index (χ1v) is 14.4. The predicted octanol–water partition coefficient (Wildman–Crippen LogP) is 3.53. The van der Waals surface area contributed by atoms with E-state index in [1.807, 2.05) is 49.1 Å². The zero-order valence-corrected chi connectivity index (χ0v) is 20.4. The normalized spacial score (nSPS) is 14.9. The topological polar surface area (TPSA) is 66.8 Å². The van der Waals surface area contributed by atoms with Crippen LogP contribution < -0.4 is 5.19 Å². The number of hydrogen-bond acceptors (Lipinski definition) is 4. The van der Waals surface area contributed by atoms with E-state index in [1.54, 1.807) is 6.92 Å². The Labute approximate surface area is 186 Å². The second kappa shape index (κ2) is 8.97. The van der Waals surface area contributed by atoms with Gasteiger partial charge in [-0.2, -0.15) is 0 Å². The molecule has 2 aromatic rings. The molecule has 0 saturated heterocycles. The summed E-state index contributed by atoms with van der Waals surface area (Å²) in [5, 5.41) is 12.1. The Morgan fingerprint density at radius 3 is 2.35 bits per heavy atom. The summed E-state index contributed by atoms with van der Waals surface area (Å²) in [5.41, 5.74) is 5.83. The van der Waals surface area contributed by atoms with Gasteiger partial charge in [-0.3, -0.25) is 4.79 Å². The number of aliphatic hydroxyl groups excluding tert-OH is 1. The first kappa shape index (κ1) is 23.2. The molecule has 0 saturated carbocycles. The molecule has 0 fully saturated rings. The first-order chi connectivity index (χ1) is 14.6. The van der Waals surface area contributed by atoms with Gasteiger partial charge in [0.2, 0.25) is 5.91 Å². The molecule has 0 bridgehead atoms. The van der Waals surface area contributed by atoms with Crippen molar-refractivity contribution >= 4 is 25.1 Å². The zero-order valence-electron chi connectivity index (χ0n) is 19.4. The van der Waals surface area contributed by atoms with Crippen LogP contribution in [0.2, 0.25) is 19.6 Å². The fourth-order valence-electron chi connectivity index (χ4n) is 4.75. The van der Waals surface area contributed by atoms with Crippen molar-refractivity contribution in [2.75, 3.05) is 6.61 Å². The van der Waals surface area contributed by atoms with Crippen molar-refractivity contribution in [3.63, 3.8) is 0 Å². The largest absolute Gasteiger partial charge is 0.464 e. The second-order valence-electron chi connectivity index (χ2n) is 9.31. The number of ether oxygens (including phenoxy) is 1. The number of carbonyl (C=O) groups is 2. The third kappa shape index (κ3) is 4.60. The molecule has 0 aliphatic carbocycles. The Morgan fingerprint density at radius 1 is 1.13 bits per heavy atom. The van der Waals surface area contributed by atoms with Gasteiger partial charge in [0.15, 0.2) is 6.10 Å². The maximum Gasteiger partial charge on any atom is 0.339 e. The minimum absolute atomic E-state index is 0.110. The van der Waals surface area contributed by atoms with E-state index in [4.69, 9.17) is 4.74 Å². The van der Waals surface area contributed by atoms with Gasteiger partial charge in [0, 0.05) is 13.1 Å². The van der Waals surface area contributed by atoms with Gasteiger partial charge < -0.3 is 14.7 Å². The molecule has 3 rings (SSSR count). The molecule has 6 heteroatoms. The SMILES string of the molecule is CCOC(=O)[C@@H](O)c1c(C)c2c(c(C)c1[Si](C)(C)C)CC(=O)N(Cc1ccccc1)C2. The molecule has 0 radical (unpaired) electrons.